The second-order valence-corrected chi connectivity index (χ2v) is 2.99. The van der Waals surface area contributed by atoms with Gasteiger partial charge in [-0.05, 0) is 36.5 Å². The molecule has 0 aromatic carbocycles. The molecule has 1 aliphatic rings. The Morgan fingerprint density at radius 3 is 3.36 bits per heavy atom. The summed E-state index contributed by atoms with van der Waals surface area (Å²) in [5.74, 6) is 0. The molecule has 1 nitrogen and oxygen atoms in total. The molecule has 0 amide bonds. The van der Waals surface area contributed by atoms with Gasteiger partial charge in [-0.25, -0.2) is 0 Å². The Morgan fingerprint density at radius 2 is 2.55 bits per heavy atom. The predicted octanol–water partition coefficient (Wildman–Crippen LogP) is 3.00. The Kier molecular flexibility index (Phi) is 1.57. The first kappa shape index (κ1) is 6.71. The Balaban J connectivity index is 0.000000720. The van der Waals surface area contributed by atoms with Crippen LogP contribution in [0.25, 0.3) is 5.57 Å². The van der Waals surface area contributed by atoms with E-state index >= 15 is 0 Å². The molecule has 60 valence electrons. The minimum absolute atomic E-state index is 0. The van der Waals surface area contributed by atoms with E-state index < -0.39 is 0 Å². The Labute approximate surface area is 68.6 Å². The van der Waals surface area contributed by atoms with Crippen molar-refractivity contribution in [2.45, 2.75) is 26.2 Å². The van der Waals surface area contributed by atoms with Crippen LogP contribution in [-0.4, -0.2) is 4.98 Å². The van der Waals surface area contributed by atoms with Crippen LogP contribution in [0.4, 0.5) is 0 Å². The molecule has 11 heavy (non-hydrogen) atoms. The van der Waals surface area contributed by atoms with Gasteiger partial charge in [0.15, 0.2) is 0 Å². The van der Waals surface area contributed by atoms with Gasteiger partial charge < -0.3 is 4.98 Å². The number of hydrogen-bond donors (Lipinski definition) is 1. The number of aryl methyl sites for hydroxylation is 1. The lowest BCUT2D eigenvalue weighted by atomic mass is 9.95. The summed E-state index contributed by atoms with van der Waals surface area (Å²) in [7, 11) is 0. The molecule has 0 saturated carbocycles. The maximum atomic E-state index is 3.28. The van der Waals surface area contributed by atoms with Crippen molar-refractivity contribution in [1.82, 2.24) is 4.98 Å². The molecule has 2 rings (SSSR count). The second-order valence-electron chi connectivity index (χ2n) is 2.99. The third-order valence-electron chi connectivity index (χ3n) is 2.34. The highest BCUT2D eigenvalue weighted by Gasteiger charge is 2.10. The van der Waals surface area contributed by atoms with Gasteiger partial charge in [0.25, 0.3) is 0 Å². The van der Waals surface area contributed by atoms with E-state index in [1.165, 1.54) is 29.7 Å². The molecule has 0 radical (unpaired) electrons. The summed E-state index contributed by atoms with van der Waals surface area (Å²) >= 11 is 0. The Morgan fingerprint density at radius 1 is 1.64 bits per heavy atom. The SMILES string of the molecule is CCC1=CCCc2[nH]ccc21.[HH]. The van der Waals surface area contributed by atoms with Gasteiger partial charge >= 0.3 is 0 Å². The first-order valence-corrected chi connectivity index (χ1v) is 4.27. The first-order chi connectivity index (χ1) is 5.42. The lowest BCUT2D eigenvalue weighted by molar-refractivity contribution is 0.928. The summed E-state index contributed by atoms with van der Waals surface area (Å²) in [6.07, 6.45) is 7.95. The lowest BCUT2D eigenvalue weighted by Gasteiger charge is -2.11. The molecule has 1 aromatic rings. The van der Waals surface area contributed by atoms with E-state index in [2.05, 4.69) is 24.1 Å². The normalized spacial score (nSPS) is 15.9. The molecule has 1 aliphatic carbocycles. The molecule has 0 atom stereocenters. The van der Waals surface area contributed by atoms with Crippen LogP contribution in [0.5, 0.6) is 0 Å². The highest BCUT2D eigenvalue weighted by atomic mass is 14.7. The van der Waals surface area contributed by atoms with Crippen LogP contribution >= 0.6 is 0 Å². The van der Waals surface area contributed by atoms with Crippen molar-refractivity contribution in [2.24, 2.45) is 0 Å². The number of aromatic amines is 1. The third-order valence-corrected chi connectivity index (χ3v) is 2.34. The van der Waals surface area contributed by atoms with Gasteiger partial charge in [-0.1, -0.05) is 13.0 Å². The van der Waals surface area contributed by atoms with E-state index in [1.54, 1.807) is 0 Å². The zero-order valence-corrected chi connectivity index (χ0v) is 6.85. The quantitative estimate of drug-likeness (QED) is 0.631. The molecular weight excluding hydrogens is 134 g/mol. The van der Waals surface area contributed by atoms with Crippen LogP contribution in [0.2, 0.25) is 0 Å². The van der Waals surface area contributed by atoms with Crippen LogP contribution in [0.3, 0.4) is 0 Å². The van der Waals surface area contributed by atoms with E-state index in [9.17, 15) is 0 Å². The first-order valence-electron chi connectivity index (χ1n) is 4.27. The van der Waals surface area contributed by atoms with Gasteiger partial charge in [-0.15, -0.1) is 0 Å². The summed E-state index contributed by atoms with van der Waals surface area (Å²) in [5, 5.41) is 0. The van der Waals surface area contributed by atoms with Crippen LogP contribution in [0.1, 0.15) is 32.4 Å². The Hall–Kier alpha value is -0.980. The van der Waals surface area contributed by atoms with E-state index in [0.29, 0.717) is 0 Å². The van der Waals surface area contributed by atoms with Crippen molar-refractivity contribution < 1.29 is 1.43 Å². The molecule has 1 heteroatoms. The molecule has 0 aliphatic heterocycles. The minimum Gasteiger partial charge on any atom is -0.364 e. The molecule has 0 bridgehead atoms. The van der Waals surface area contributed by atoms with Gasteiger partial charge in [0.1, 0.15) is 0 Å². The fraction of sp³-hybridized carbons (Fsp3) is 0.400. The summed E-state index contributed by atoms with van der Waals surface area (Å²) in [5.41, 5.74) is 4.37. The molecule has 1 aromatic heterocycles. The topological polar surface area (TPSA) is 15.8 Å². The largest absolute Gasteiger partial charge is 0.364 e. The molecule has 0 unspecified atom stereocenters. The number of rotatable bonds is 1. The smallest absolute Gasteiger partial charge is 0.0226 e. The molecule has 0 spiro atoms. The maximum absolute atomic E-state index is 3.28. The Bertz CT molecular complexity index is 286. The number of H-pyrrole nitrogens is 1. The standard InChI is InChI=1S/C10H13N.H2/c1-2-8-4-3-5-10-9(8)6-7-11-10;/h4,6-7,11H,2-3,5H2,1H3;1H. The highest BCUT2D eigenvalue weighted by Crippen LogP contribution is 2.27. The van der Waals surface area contributed by atoms with Crippen molar-refractivity contribution in [3.05, 3.63) is 29.6 Å². The highest BCUT2D eigenvalue weighted by molar-refractivity contribution is 5.68. The van der Waals surface area contributed by atoms with Crippen molar-refractivity contribution in [1.29, 1.82) is 0 Å². The third kappa shape index (κ3) is 1.01. The van der Waals surface area contributed by atoms with Crippen LogP contribution in [0, 0.1) is 0 Å². The second kappa shape index (κ2) is 2.57. The van der Waals surface area contributed by atoms with E-state index in [-0.39, 0.29) is 1.43 Å². The van der Waals surface area contributed by atoms with Crippen molar-refractivity contribution in [3.8, 4) is 0 Å². The average molecular weight is 149 g/mol. The van der Waals surface area contributed by atoms with Crippen LogP contribution in [0.15, 0.2) is 18.3 Å². The van der Waals surface area contributed by atoms with Crippen LogP contribution < -0.4 is 0 Å². The maximum Gasteiger partial charge on any atom is 0.0226 e. The minimum atomic E-state index is 0. The number of fused-ring (bicyclic) bond motifs is 1. The van der Waals surface area contributed by atoms with Gasteiger partial charge in [0.05, 0.1) is 0 Å². The van der Waals surface area contributed by atoms with Crippen molar-refractivity contribution in [2.75, 3.05) is 0 Å². The number of aromatic nitrogens is 1. The number of nitrogens with one attached hydrogen (secondary N) is 1. The zero-order valence-electron chi connectivity index (χ0n) is 6.85. The van der Waals surface area contributed by atoms with E-state index in [1.807, 2.05) is 6.20 Å². The monoisotopic (exact) mass is 149 g/mol. The van der Waals surface area contributed by atoms with Gasteiger partial charge in [0, 0.05) is 13.3 Å². The van der Waals surface area contributed by atoms with E-state index in [0.717, 1.165) is 6.42 Å². The van der Waals surface area contributed by atoms with Gasteiger partial charge in [-0.3, -0.25) is 0 Å². The fourth-order valence-corrected chi connectivity index (χ4v) is 1.75. The molecule has 1 heterocycles. The molecular formula is C10H15N. The average Bonchev–Trinajstić information content (AvgIpc) is 2.50. The van der Waals surface area contributed by atoms with Gasteiger partial charge in [0.2, 0.25) is 0 Å². The lowest BCUT2D eigenvalue weighted by Crippen LogP contribution is -1.96. The number of hydrogen-bond acceptors (Lipinski definition) is 0. The number of allylic oxidation sites excluding steroid dienone is 2. The molecule has 0 saturated heterocycles. The fourth-order valence-electron chi connectivity index (χ4n) is 1.75. The summed E-state index contributed by atoms with van der Waals surface area (Å²) in [6.45, 7) is 2.22. The van der Waals surface area contributed by atoms with Gasteiger partial charge in [-0.2, -0.15) is 0 Å². The summed E-state index contributed by atoms with van der Waals surface area (Å²) < 4.78 is 0. The summed E-state index contributed by atoms with van der Waals surface area (Å²) in [6, 6.07) is 2.18. The zero-order chi connectivity index (χ0) is 7.68. The summed E-state index contributed by atoms with van der Waals surface area (Å²) in [4.78, 5) is 3.28. The van der Waals surface area contributed by atoms with Crippen LogP contribution in [-0.2, 0) is 6.42 Å². The molecule has 0 fully saturated rings. The molecule has 1 N–H and O–H groups in total. The predicted molar refractivity (Wildman–Crippen MR) is 49.5 cm³/mol. The van der Waals surface area contributed by atoms with E-state index in [4.69, 9.17) is 0 Å². The van der Waals surface area contributed by atoms with Crippen molar-refractivity contribution in [3.63, 3.8) is 0 Å². The van der Waals surface area contributed by atoms with Crippen molar-refractivity contribution >= 4 is 5.57 Å².